The number of H-pyrrole nitrogens is 1. The van der Waals surface area contributed by atoms with Crippen LogP contribution in [0.1, 0.15) is 5.56 Å². The Hall–Kier alpha value is -1.65. The van der Waals surface area contributed by atoms with E-state index in [4.69, 9.17) is 23.8 Å². The Morgan fingerprint density at radius 3 is 2.79 bits per heavy atom. The van der Waals surface area contributed by atoms with Crippen molar-refractivity contribution >= 4 is 34.9 Å². The largest absolute Gasteiger partial charge is 0.330 e. The number of imidazole rings is 1. The number of rotatable bonds is 1. The van der Waals surface area contributed by atoms with E-state index >= 15 is 0 Å². The van der Waals surface area contributed by atoms with E-state index in [-0.39, 0.29) is 5.82 Å². The molecule has 0 saturated heterocycles. The topological polar surface area (TPSA) is 20.7 Å². The van der Waals surface area contributed by atoms with Gasteiger partial charge in [-0.05, 0) is 49.0 Å². The average molecular weight is 293 g/mol. The maximum atomic E-state index is 13.5. The van der Waals surface area contributed by atoms with Crippen LogP contribution in [0.5, 0.6) is 0 Å². The Balaban J connectivity index is 2.42. The van der Waals surface area contributed by atoms with E-state index in [9.17, 15) is 4.39 Å². The highest BCUT2D eigenvalue weighted by molar-refractivity contribution is 7.71. The Labute approximate surface area is 119 Å². The fourth-order valence-corrected chi connectivity index (χ4v) is 2.77. The van der Waals surface area contributed by atoms with Crippen molar-refractivity contribution in [3.8, 4) is 5.69 Å². The summed E-state index contributed by atoms with van der Waals surface area (Å²) in [7, 11) is 0. The van der Waals surface area contributed by atoms with Gasteiger partial charge >= 0.3 is 0 Å². The predicted octanol–water partition coefficient (Wildman–Crippen LogP) is 4.79. The van der Waals surface area contributed by atoms with E-state index in [1.165, 1.54) is 12.1 Å². The van der Waals surface area contributed by atoms with Crippen molar-refractivity contribution in [1.82, 2.24) is 9.55 Å². The van der Waals surface area contributed by atoms with Crippen molar-refractivity contribution in [3.05, 3.63) is 57.6 Å². The smallest absolute Gasteiger partial charge is 0.182 e. The number of halogens is 2. The molecule has 0 amide bonds. The quantitative estimate of drug-likeness (QED) is 0.640. The lowest BCUT2D eigenvalue weighted by Crippen LogP contribution is -1.96. The summed E-state index contributed by atoms with van der Waals surface area (Å²) in [6, 6.07) is 10.3. The summed E-state index contributed by atoms with van der Waals surface area (Å²) < 4.78 is 15.8. The van der Waals surface area contributed by atoms with E-state index in [0.717, 1.165) is 16.6 Å². The fraction of sp³-hybridized carbons (Fsp3) is 0.0714. The minimum absolute atomic E-state index is 0.347. The van der Waals surface area contributed by atoms with Crippen LogP contribution in [-0.4, -0.2) is 9.55 Å². The first kappa shape index (κ1) is 12.4. The second-order valence-electron chi connectivity index (χ2n) is 4.36. The highest BCUT2D eigenvalue weighted by Crippen LogP contribution is 2.25. The van der Waals surface area contributed by atoms with E-state index in [0.29, 0.717) is 15.5 Å². The van der Waals surface area contributed by atoms with Gasteiger partial charge in [-0.15, -0.1) is 0 Å². The molecular weight excluding hydrogens is 283 g/mol. The summed E-state index contributed by atoms with van der Waals surface area (Å²) in [6.07, 6.45) is 0. The number of fused-ring (bicyclic) bond motifs is 1. The van der Waals surface area contributed by atoms with E-state index in [1.54, 1.807) is 10.6 Å². The number of nitrogens with one attached hydrogen (secondary N) is 1. The highest BCUT2D eigenvalue weighted by Gasteiger charge is 2.10. The summed E-state index contributed by atoms with van der Waals surface area (Å²) in [6.45, 7) is 1.99. The first-order valence-electron chi connectivity index (χ1n) is 5.73. The molecule has 0 bridgehead atoms. The lowest BCUT2D eigenvalue weighted by Gasteiger charge is -2.07. The van der Waals surface area contributed by atoms with Gasteiger partial charge in [-0.1, -0.05) is 23.7 Å². The molecule has 0 aliphatic rings. The minimum atomic E-state index is -0.382. The molecular formula is C14H10ClFN2S. The third kappa shape index (κ3) is 2.07. The van der Waals surface area contributed by atoms with E-state index < -0.39 is 0 Å². The molecule has 2 nitrogen and oxygen atoms in total. The van der Waals surface area contributed by atoms with Gasteiger partial charge in [0.15, 0.2) is 4.77 Å². The molecule has 1 N–H and O–H groups in total. The van der Waals surface area contributed by atoms with Gasteiger partial charge in [0.05, 0.1) is 16.7 Å². The molecule has 3 aromatic rings. The SMILES string of the molecule is Cc1cccc2[nH]c(=S)n(-c3cc(F)cc(Cl)c3)c12. The average Bonchev–Trinajstić information content (AvgIpc) is 2.65. The predicted molar refractivity (Wildman–Crippen MR) is 78.2 cm³/mol. The monoisotopic (exact) mass is 292 g/mol. The second-order valence-corrected chi connectivity index (χ2v) is 5.19. The Kier molecular flexibility index (Phi) is 2.92. The number of aromatic amines is 1. The zero-order valence-electron chi connectivity index (χ0n) is 10.1. The van der Waals surface area contributed by atoms with Crippen LogP contribution >= 0.6 is 23.8 Å². The van der Waals surface area contributed by atoms with Crippen LogP contribution in [0, 0.1) is 17.5 Å². The van der Waals surface area contributed by atoms with Crippen LogP contribution in [0.3, 0.4) is 0 Å². The standard InChI is InChI=1S/C14H10ClFN2S/c1-8-3-2-4-12-13(8)18(14(19)17-12)11-6-9(15)5-10(16)7-11/h2-7H,1H3,(H,17,19). The molecule has 0 unspecified atom stereocenters. The minimum Gasteiger partial charge on any atom is -0.330 e. The molecule has 0 fully saturated rings. The number of para-hydroxylation sites is 1. The molecule has 0 spiro atoms. The van der Waals surface area contributed by atoms with Gasteiger partial charge in [0, 0.05) is 5.02 Å². The van der Waals surface area contributed by atoms with Crippen LogP contribution in [0.2, 0.25) is 5.02 Å². The maximum Gasteiger partial charge on any atom is 0.182 e. The van der Waals surface area contributed by atoms with Gasteiger partial charge in [0.25, 0.3) is 0 Å². The van der Waals surface area contributed by atoms with E-state index in [1.807, 2.05) is 25.1 Å². The van der Waals surface area contributed by atoms with Crippen LogP contribution in [-0.2, 0) is 0 Å². The van der Waals surface area contributed by atoms with Crippen LogP contribution in [0.15, 0.2) is 36.4 Å². The number of aromatic nitrogens is 2. The van der Waals surface area contributed by atoms with Gasteiger partial charge < -0.3 is 4.98 Å². The zero-order valence-corrected chi connectivity index (χ0v) is 11.6. The van der Waals surface area contributed by atoms with Gasteiger partial charge in [-0.3, -0.25) is 4.57 Å². The lowest BCUT2D eigenvalue weighted by atomic mass is 10.2. The summed E-state index contributed by atoms with van der Waals surface area (Å²) in [4.78, 5) is 3.12. The third-order valence-electron chi connectivity index (χ3n) is 3.01. The molecule has 0 saturated carbocycles. The Morgan fingerprint density at radius 2 is 2.05 bits per heavy atom. The second kappa shape index (κ2) is 4.47. The van der Waals surface area contributed by atoms with Crippen molar-refractivity contribution in [2.45, 2.75) is 6.92 Å². The molecule has 0 atom stereocenters. The molecule has 96 valence electrons. The van der Waals surface area contributed by atoms with Crippen molar-refractivity contribution in [2.24, 2.45) is 0 Å². The number of hydrogen-bond acceptors (Lipinski definition) is 1. The van der Waals surface area contributed by atoms with Crippen molar-refractivity contribution < 1.29 is 4.39 Å². The van der Waals surface area contributed by atoms with Crippen molar-refractivity contribution in [2.75, 3.05) is 0 Å². The van der Waals surface area contributed by atoms with Crippen LogP contribution < -0.4 is 0 Å². The third-order valence-corrected chi connectivity index (χ3v) is 3.51. The first-order valence-corrected chi connectivity index (χ1v) is 6.52. The zero-order chi connectivity index (χ0) is 13.6. The molecule has 1 aromatic heterocycles. The molecule has 19 heavy (non-hydrogen) atoms. The maximum absolute atomic E-state index is 13.5. The number of benzene rings is 2. The molecule has 5 heteroatoms. The van der Waals surface area contributed by atoms with Crippen LogP contribution in [0.4, 0.5) is 4.39 Å². The van der Waals surface area contributed by atoms with Crippen molar-refractivity contribution in [3.63, 3.8) is 0 Å². The highest BCUT2D eigenvalue weighted by atomic mass is 35.5. The fourth-order valence-electron chi connectivity index (χ4n) is 2.24. The summed E-state index contributed by atoms with van der Waals surface area (Å²) in [5.74, 6) is -0.382. The summed E-state index contributed by atoms with van der Waals surface area (Å²) >= 11 is 11.2. The number of nitrogens with zero attached hydrogens (tertiary/aromatic N) is 1. The van der Waals surface area contributed by atoms with Gasteiger partial charge in [0.2, 0.25) is 0 Å². The molecule has 0 radical (unpaired) electrons. The lowest BCUT2D eigenvalue weighted by molar-refractivity contribution is 0.627. The first-order chi connectivity index (χ1) is 9.06. The summed E-state index contributed by atoms with van der Waals surface area (Å²) in [5.41, 5.74) is 3.54. The molecule has 2 aromatic carbocycles. The number of aryl methyl sites for hydroxylation is 1. The van der Waals surface area contributed by atoms with Crippen LogP contribution in [0.25, 0.3) is 16.7 Å². The number of hydrogen-bond donors (Lipinski definition) is 1. The van der Waals surface area contributed by atoms with E-state index in [2.05, 4.69) is 4.98 Å². The van der Waals surface area contributed by atoms with Gasteiger partial charge in [-0.25, -0.2) is 4.39 Å². The van der Waals surface area contributed by atoms with Gasteiger partial charge in [0.1, 0.15) is 5.82 Å². The Morgan fingerprint density at radius 1 is 1.26 bits per heavy atom. The Bertz CT molecular complexity index is 815. The molecule has 0 aliphatic heterocycles. The normalized spacial score (nSPS) is 11.1. The van der Waals surface area contributed by atoms with Crippen molar-refractivity contribution in [1.29, 1.82) is 0 Å². The van der Waals surface area contributed by atoms with Gasteiger partial charge in [-0.2, -0.15) is 0 Å². The molecule has 1 heterocycles. The molecule has 0 aliphatic carbocycles. The summed E-state index contributed by atoms with van der Waals surface area (Å²) in [5, 5.41) is 0.347. The molecule has 3 rings (SSSR count).